The molecule has 102 valence electrons. The summed E-state index contributed by atoms with van der Waals surface area (Å²) in [6.45, 7) is 1.89. The molecule has 5 nitrogen and oxygen atoms in total. The first-order valence-corrected chi connectivity index (χ1v) is 7.14. The van der Waals surface area contributed by atoms with Gasteiger partial charge in [-0.3, -0.25) is 4.79 Å². The molecule has 4 saturated carbocycles. The summed E-state index contributed by atoms with van der Waals surface area (Å²) in [4.78, 5) is 16.0. The highest BCUT2D eigenvalue weighted by Crippen LogP contribution is 2.64. The molecular formula is C14H19N3O2. The van der Waals surface area contributed by atoms with Crippen molar-refractivity contribution in [3.63, 3.8) is 0 Å². The molecule has 1 heterocycles. The molecule has 0 radical (unpaired) electrons. The minimum atomic E-state index is -0.595. The second-order valence-electron chi connectivity index (χ2n) is 7.01. The highest BCUT2D eigenvalue weighted by atomic mass is 16.4. The third-order valence-corrected chi connectivity index (χ3v) is 5.58. The van der Waals surface area contributed by atoms with Crippen LogP contribution in [0.15, 0.2) is 6.33 Å². The van der Waals surface area contributed by atoms with E-state index in [0.29, 0.717) is 11.8 Å². The largest absolute Gasteiger partial charge is 0.481 e. The summed E-state index contributed by atoms with van der Waals surface area (Å²) in [5.41, 5.74) is -0.576. The Labute approximate surface area is 112 Å². The van der Waals surface area contributed by atoms with Gasteiger partial charge < -0.3 is 5.11 Å². The summed E-state index contributed by atoms with van der Waals surface area (Å²) in [6.07, 6.45) is 7.67. The Kier molecular flexibility index (Phi) is 2.03. The fraction of sp³-hybridized carbons (Fsp3) is 0.786. The number of aliphatic carboxylic acids is 1. The van der Waals surface area contributed by atoms with Crippen LogP contribution in [0.25, 0.3) is 0 Å². The maximum absolute atomic E-state index is 11.8. The molecule has 5 rings (SSSR count). The van der Waals surface area contributed by atoms with Crippen molar-refractivity contribution >= 4 is 5.97 Å². The molecule has 4 aliphatic rings. The van der Waals surface area contributed by atoms with Crippen LogP contribution < -0.4 is 0 Å². The minimum Gasteiger partial charge on any atom is -0.481 e. The van der Waals surface area contributed by atoms with E-state index < -0.39 is 11.4 Å². The van der Waals surface area contributed by atoms with Crippen molar-refractivity contribution in [2.24, 2.45) is 17.3 Å². The van der Waals surface area contributed by atoms with Crippen LogP contribution in [0.1, 0.15) is 44.3 Å². The summed E-state index contributed by atoms with van der Waals surface area (Å²) in [6, 6.07) is 0. The van der Waals surface area contributed by atoms with E-state index in [2.05, 4.69) is 10.1 Å². The molecule has 19 heavy (non-hydrogen) atoms. The molecule has 5 heteroatoms. The first-order chi connectivity index (χ1) is 9.01. The monoisotopic (exact) mass is 261 g/mol. The zero-order valence-corrected chi connectivity index (χ0v) is 11.2. The quantitative estimate of drug-likeness (QED) is 0.883. The maximum atomic E-state index is 11.8. The highest BCUT2D eigenvalue weighted by molar-refractivity contribution is 5.75. The van der Waals surface area contributed by atoms with E-state index >= 15 is 0 Å². The van der Waals surface area contributed by atoms with Gasteiger partial charge in [-0.25, -0.2) is 9.67 Å². The molecule has 0 spiro atoms. The number of carbonyl (C=O) groups is 1. The number of aromatic nitrogens is 3. The van der Waals surface area contributed by atoms with Crippen molar-refractivity contribution in [2.75, 3.05) is 0 Å². The van der Waals surface area contributed by atoms with E-state index in [0.717, 1.165) is 37.9 Å². The van der Waals surface area contributed by atoms with Crippen molar-refractivity contribution in [3.05, 3.63) is 12.2 Å². The molecular weight excluding hydrogens is 242 g/mol. The van der Waals surface area contributed by atoms with Gasteiger partial charge in [-0.2, -0.15) is 5.10 Å². The van der Waals surface area contributed by atoms with Crippen LogP contribution in [0.4, 0.5) is 0 Å². The lowest BCUT2D eigenvalue weighted by Crippen LogP contribution is -2.59. The van der Waals surface area contributed by atoms with Crippen LogP contribution in [0.5, 0.6) is 0 Å². The molecule has 0 aromatic carbocycles. The number of nitrogens with zero attached hydrogens (tertiary/aromatic N) is 3. The number of rotatable bonds is 2. The Morgan fingerprint density at radius 2 is 2.05 bits per heavy atom. The predicted octanol–water partition coefficient (Wildman–Crippen LogP) is 1.97. The minimum absolute atomic E-state index is 0.0796. The Morgan fingerprint density at radius 3 is 2.58 bits per heavy atom. The van der Waals surface area contributed by atoms with Crippen LogP contribution in [0, 0.1) is 24.2 Å². The second-order valence-corrected chi connectivity index (χ2v) is 7.01. The lowest BCUT2D eigenvalue weighted by Gasteiger charge is -2.60. The molecule has 4 atom stereocenters. The van der Waals surface area contributed by atoms with E-state index in [1.54, 1.807) is 6.33 Å². The van der Waals surface area contributed by atoms with E-state index in [-0.39, 0.29) is 5.54 Å². The van der Waals surface area contributed by atoms with Gasteiger partial charge in [0.05, 0.1) is 11.0 Å². The lowest BCUT2D eigenvalue weighted by atomic mass is 9.47. The summed E-state index contributed by atoms with van der Waals surface area (Å²) in [7, 11) is 0. The first kappa shape index (κ1) is 11.4. The molecule has 0 aliphatic heterocycles. The van der Waals surface area contributed by atoms with Gasteiger partial charge in [0.2, 0.25) is 0 Å². The fourth-order valence-electron chi connectivity index (χ4n) is 5.31. The Bertz CT molecular complexity index is 537. The Hall–Kier alpha value is -1.39. The van der Waals surface area contributed by atoms with Gasteiger partial charge >= 0.3 is 5.97 Å². The summed E-state index contributed by atoms with van der Waals surface area (Å²) in [5, 5.41) is 14.2. The van der Waals surface area contributed by atoms with Gasteiger partial charge in [0, 0.05) is 0 Å². The number of hydrogen-bond donors (Lipinski definition) is 1. The molecule has 1 N–H and O–H groups in total. The van der Waals surface area contributed by atoms with E-state index in [1.165, 1.54) is 6.42 Å². The zero-order valence-electron chi connectivity index (χ0n) is 11.2. The van der Waals surface area contributed by atoms with Crippen molar-refractivity contribution in [3.8, 4) is 0 Å². The average molecular weight is 261 g/mol. The van der Waals surface area contributed by atoms with Gasteiger partial charge in [0.1, 0.15) is 12.2 Å². The zero-order chi connectivity index (χ0) is 13.3. The van der Waals surface area contributed by atoms with Crippen LogP contribution in [0.3, 0.4) is 0 Å². The summed E-state index contributed by atoms with van der Waals surface area (Å²) in [5.74, 6) is 1.30. The van der Waals surface area contributed by atoms with Crippen LogP contribution in [0.2, 0.25) is 0 Å². The number of hydrogen-bond acceptors (Lipinski definition) is 3. The molecule has 2 unspecified atom stereocenters. The third-order valence-electron chi connectivity index (χ3n) is 5.58. The number of carboxylic acid groups (broad SMARTS) is 1. The van der Waals surface area contributed by atoms with E-state index in [9.17, 15) is 9.90 Å². The molecule has 0 amide bonds. The first-order valence-electron chi connectivity index (χ1n) is 7.14. The topological polar surface area (TPSA) is 68.0 Å². The SMILES string of the molecule is Cc1ncn(C23C[C@@H]4C[C@@H](CC(C(=O)O)(C4)C2)C3)n1. The average Bonchev–Trinajstić information content (AvgIpc) is 2.74. The molecule has 4 aliphatic carbocycles. The Morgan fingerprint density at radius 1 is 1.37 bits per heavy atom. The van der Waals surface area contributed by atoms with Crippen LogP contribution in [-0.4, -0.2) is 25.8 Å². The van der Waals surface area contributed by atoms with E-state index in [4.69, 9.17) is 0 Å². The van der Waals surface area contributed by atoms with Gasteiger partial charge in [0.25, 0.3) is 0 Å². The van der Waals surface area contributed by atoms with Crippen molar-refractivity contribution in [1.29, 1.82) is 0 Å². The number of carboxylic acids is 1. The van der Waals surface area contributed by atoms with Gasteiger partial charge in [-0.05, 0) is 57.3 Å². The highest BCUT2D eigenvalue weighted by Gasteiger charge is 2.62. The number of aryl methyl sites for hydroxylation is 1. The lowest BCUT2D eigenvalue weighted by molar-refractivity contribution is -0.173. The maximum Gasteiger partial charge on any atom is 0.309 e. The van der Waals surface area contributed by atoms with Gasteiger partial charge in [-0.15, -0.1) is 0 Å². The molecule has 1 aromatic rings. The molecule has 4 fully saturated rings. The van der Waals surface area contributed by atoms with Crippen molar-refractivity contribution < 1.29 is 9.90 Å². The predicted molar refractivity (Wildman–Crippen MR) is 67.5 cm³/mol. The normalized spacial score (nSPS) is 43.6. The van der Waals surface area contributed by atoms with Crippen molar-refractivity contribution in [2.45, 2.75) is 51.0 Å². The van der Waals surface area contributed by atoms with Gasteiger partial charge in [-0.1, -0.05) is 0 Å². The van der Waals surface area contributed by atoms with Gasteiger partial charge in [0.15, 0.2) is 0 Å². The standard InChI is InChI=1S/C14H19N3O2/c1-9-15-8-17(16-9)14-5-10-2-11(6-14)4-13(3-10,7-14)12(18)19/h8,10-11H,2-7H2,1H3,(H,18,19)/t10-,11+,13?,14?. The van der Waals surface area contributed by atoms with E-state index in [1.807, 2.05) is 11.6 Å². The fourth-order valence-corrected chi connectivity index (χ4v) is 5.31. The molecule has 1 aromatic heterocycles. The smallest absolute Gasteiger partial charge is 0.309 e. The summed E-state index contributed by atoms with van der Waals surface area (Å²) < 4.78 is 1.98. The third kappa shape index (κ3) is 1.44. The summed E-state index contributed by atoms with van der Waals surface area (Å²) >= 11 is 0. The molecule has 0 saturated heterocycles. The van der Waals surface area contributed by atoms with Crippen LogP contribution in [-0.2, 0) is 10.3 Å². The molecule has 4 bridgehead atoms. The van der Waals surface area contributed by atoms with Crippen molar-refractivity contribution in [1.82, 2.24) is 14.8 Å². The Balaban J connectivity index is 1.80. The second kappa shape index (κ2) is 3.38. The van der Waals surface area contributed by atoms with Crippen LogP contribution >= 0.6 is 0 Å².